The van der Waals surface area contributed by atoms with Crippen LogP contribution in [0.25, 0.3) is 0 Å². The van der Waals surface area contributed by atoms with Crippen molar-refractivity contribution < 1.29 is 4.79 Å². The number of hydrogen-bond donors (Lipinski definition) is 1. The van der Waals surface area contributed by atoms with E-state index in [0.717, 1.165) is 17.2 Å². The molecular formula is C15H17N3OS2. The number of benzene rings is 1. The Morgan fingerprint density at radius 1 is 1.29 bits per heavy atom. The van der Waals surface area contributed by atoms with E-state index in [9.17, 15) is 4.79 Å². The molecule has 2 aromatic rings. The van der Waals surface area contributed by atoms with Crippen molar-refractivity contribution in [2.75, 3.05) is 11.1 Å². The van der Waals surface area contributed by atoms with Crippen molar-refractivity contribution in [3.05, 3.63) is 35.3 Å². The number of aromatic nitrogens is 2. The molecule has 21 heavy (non-hydrogen) atoms. The molecule has 1 aliphatic carbocycles. The van der Waals surface area contributed by atoms with Crippen LogP contribution in [0.1, 0.15) is 36.6 Å². The third-order valence-corrected chi connectivity index (χ3v) is 5.27. The fourth-order valence-electron chi connectivity index (χ4n) is 1.90. The molecule has 110 valence electrons. The van der Waals surface area contributed by atoms with E-state index < -0.39 is 0 Å². The van der Waals surface area contributed by atoms with Crippen LogP contribution >= 0.6 is 23.1 Å². The lowest BCUT2D eigenvalue weighted by molar-refractivity contribution is -0.116. The van der Waals surface area contributed by atoms with Gasteiger partial charge in [0, 0.05) is 17.2 Å². The predicted octanol–water partition coefficient (Wildman–Crippen LogP) is 3.93. The molecule has 1 saturated carbocycles. The molecule has 3 rings (SSSR count). The molecular weight excluding hydrogens is 302 g/mol. The average Bonchev–Trinajstić information content (AvgIpc) is 3.25. The standard InChI is InChI=1S/C15H17N3OS2/c19-13(7-4-10-20-12-5-2-1-3-6-12)16-15-18-17-14(21-15)11-8-9-11/h1-3,5-6,11H,4,7-10H2,(H,16,18,19). The molecule has 1 aromatic heterocycles. The summed E-state index contributed by atoms with van der Waals surface area (Å²) in [4.78, 5) is 13.1. The lowest BCUT2D eigenvalue weighted by Crippen LogP contribution is -2.11. The Bertz CT molecular complexity index is 596. The van der Waals surface area contributed by atoms with Crippen LogP contribution in [0, 0.1) is 0 Å². The van der Waals surface area contributed by atoms with Gasteiger partial charge in [0.25, 0.3) is 0 Å². The maximum atomic E-state index is 11.8. The van der Waals surface area contributed by atoms with Gasteiger partial charge in [-0.2, -0.15) is 0 Å². The zero-order valence-electron chi connectivity index (χ0n) is 11.6. The molecule has 0 unspecified atom stereocenters. The van der Waals surface area contributed by atoms with E-state index >= 15 is 0 Å². The van der Waals surface area contributed by atoms with Gasteiger partial charge in [-0.1, -0.05) is 29.5 Å². The van der Waals surface area contributed by atoms with Crippen molar-refractivity contribution in [2.24, 2.45) is 0 Å². The van der Waals surface area contributed by atoms with Crippen LogP contribution in [0.2, 0.25) is 0 Å². The summed E-state index contributed by atoms with van der Waals surface area (Å²) in [7, 11) is 0. The molecule has 0 radical (unpaired) electrons. The molecule has 0 atom stereocenters. The fourth-order valence-corrected chi connectivity index (χ4v) is 3.70. The van der Waals surface area contributed by atoms with E-state index in [0.29, 0.717) is 17.5 Å². The van der Waals surface area contributed by atoms with Gasteiger partial charge in [0.2, 0.25) is 11.0 Å². The van der Waals surface area contributed by atoms with Gasteiger partial charge < -0.3 is 5.32 Å². The first-order valence-electron chi connectivity index (χ1n) is 7.12. The van der Waals surface area contributed by atoms with Crippen LogP contribution in [0.15, 0.2) is 35.2 Å². The number of rotatable bonds is 7. The average molecular weight is 319 g/mol. The van der Waals surface area contributed by atoms with Gasteiger partial charge in [-0.05, 0) is 37.1 Å². The number of anilines is 1. The van der Waals surface area contributed by atoms with Crippen LogP contribution in [-0.2, 0) is 4.79 Å². The Morgan fingerprint density at radius 3 is 2.86 bits per heavy atom. The van der Waals surface area contributed by atoms with E-state index in [2.05, 4.69) is 27.6 Å². The Hall–Kier alpha value is -1.40. The zero-order chi connectivity index (χ0) is 14.5. The van der Waals surface area contributed by atoms with Crippen LogP contribution in [-0.4, -0.2) is 21.9 Å². The highest BCUT2D eigenvalue weighted by Gasteiger charge is 2.27. The number of carbonyl (C=O) groups is 1. The van der Waals surface area contributed by atoms with Gasteiger partial charge in [0.1, 0.15) is 5.01 Å². The number of thioether (sulfide) groups is 1. The number of nitrogens with one attached hydrogen (secondary N) is 1. The maximum Gasteiger partial charge on any atom is 0.226 e. The summed E-state index contributed by atoms with van der Waals surface area (Å²) in [6.45, 7) is 0. The first-order chi connectivity index (χ1) is 10.3. The molecule has 0 bridgehead atoms. The third kappa shape index (κ3) is 4.54. The first kappa shape index (κ1) is 14.5. The molecule has 1 amide bonds. The molecule has 4 nitrogen and oxygen atoms in total. The SMILES string of the molecule is O=C(CCCSc1ccccc1)Nc1nnc(C2CC2)s1. The number of nitrogens with zero attached hydrogens (tertiary/aromatic N) is 2. The van der Waals surface area contributed by atoms with E-state index in [1.807, 2.05) is 18.2 Å². The second kappa shape index (κ2) is 7.04. The second-order valence-electron chi connectivity index (χ2n) is 5.03. The van der Waals surface area contributed by atoms with Gasteiger partial charge in [0.15, 0.2) is 0 Å². The molecule has 1 aromatic carbocycles. The van der Waals surface area contributed by atoms with E-state index in [1.54, 1.807) is 11.8 Å². The Kier molecular flexibility index (Phi) is 4.87. The molecule has 0 spiro atoms. The van der Waals surface area contributed by atoms with Crippen LogP contribution in [0.5, 0.6) is 0 Å². The minimum Gasteiger partial charge on any atom is -0.301 e. The van der Waals surface area contributed by atoms with Crippen LogP contribution < -0.4 is 5.32 Å². The Balaban J connectivity index is 1.36. The summed E-state index contributed by atoms with van der Waals surface area (Å²) < 4.78 is 0. The molecule has 1 aliphatic rings. The Morgan fingerprint density at radius 2 is 2.10 bits per heavy atom. The lowest BCUT2D eigenvalue weighted by atomic mass is 10.3. The van der Waals surface area contributed by atoms with Crippen LogP contribution in [0.4, 0.5) is 5.13 Å². The second-order valence-corrected chi connectivity index (χ2v) is 7.21. The number of carbonyl (C=O) groups excluding carboxylic acids is 1. The highest BCUT2D eigenvalue weighted by Crippen LogP contribution is 2.42. The Labute approximate surface area is 132 Å². The molecule has 1 N–H and O–H groups in total. The summed E-state index contributed by atoms with van der Waals surface area (Å²) in [5.41, 5.74) is 0. The monoisotopic (exact) mass is 319 g/mol. The fraction of sp³-hybridized carbons (Fsp3) is 0.400. The van der Waals surface area contributed by atoms with E-state index in [1.165, 1.54) is 29.1 Å². The minimum atomic E-state index is 0.0298. The number of amides is 1. The summed E-state index contributed by atoms with van der Waals surface area (Å²) >= 11 is 3.29. The van der Waals surface area contributed by atoms with Crippen molar-refractivity contribution in [2.45, 2.75) is 36.5 Å². The molecule has 1 fully saturated rings. The molecule has 0 aliphatic heterocycles. The van der Waals surface area contributed by atoms with Gasteiger partial charge in [-0.25, -0.2) is 0 Å². The van der Waals surface area contributed by atoms with Crippen molar-refractivity contribution in [3.8, 4) is 0 Å². The largest absolute Gasteiger partial charge is 0.301 e. The van der Waals surface area contributed by atoms with Gasteiger partial charge in [0.05, 0.1) is 0 Å². The third-order valence-electron chi connectivity index (χ3n) is 3.17. The molecule has 1 heterocycles. The smallest absolute Gasteiger partial charge is 0.226 e. The highest BCUT2D eigenvalue weighted by atomic mass is 32.2. The first-order valence-corrected chi connectivity index (χ1v) is 8.92. The van der Waals surface area contributed by atoms with Gasteiger partial charge >= 0.3 is 0 Å². The van der Waals surface area contributed by atoms with Crippen molar-refractivity contribution in [1.29, 1.82) is 0 Å². The van der Waals surface area contributed by atoms with Crippen molar-refractivity contribution in [1.82, 2.24) is 10.2 Å². The lowest BCUT2D eigenvalue weighted by Gasteiger charge is -2.02. The summed E-state index contributed by atoms with van der Waals surface area (Å²) in [6.07, 6.45) is 3.80. The van der Waals surface area contributed by atoms with Crippen LogP contribution in [0.3, 0.4) is 0 Å². The summed E-state index contributed by atoms with van der Waals surface area (Å²) in [5, 5.41) is 12.7. The van der Waals surface area contributed by atoms with Crippen molar-refractivity contribution in [3.63, 3.8) is 0 Å². The minimum absolute atomic E-state index is 0.0298. The molecule has 6 heteroatoms. The van der Waals surface area contributed by atoms with E-state index in [-0.39, 0.29) is 5.91 Å². The summed E-state index contributed by atoms with van der Waals surface area (Å²) in [5.74, 6) is 1.57. The quantitative estimate of drug-likeness (QED) is 0.620. The molecule has 0 saturated heterocycles. The maximum absolute atomic E-state index is 11.8. The highest BCUT2D eigenvalue weighted by molar-refractivity contribution is 7.99. The van der Waals surface area contributed by atoms with Gasteiger partial charge in [-0.15, -0.1) is 22.0 Å². The van der Waals surface area contributed by atoms with Crippen molar-refractivity contribution >= 4 is 34.1 Å². The normalized spacial score (nSPS) is 14.1. The predicted molar refractivity (Wildman–Crippen MR) is 86.9 cm³/mol. The topological polar surface area (TPSA) is 54.9 Å². The van der Waals surface area contributed by atoms with Gasteiger partial charge in [-0.3, -0.25) is 4.79 Å². The number of hydrogen-bond acceptors (Lipinski definition) is 5. The summed E-state index contributed by atoms with van der Waals surface area (Å²) in [6, 6.07) is 10.2. The van der Waals surface area contributed by atoms with E-state index in [4.69, 9.17) is 0 Å². The zero-order valence-corrected chi connectivity index (χ0v) is 13.3.